The number of aromatic nitrogens is 3. The van der Waals surface area contributed by atoms with E-state index in [-0.39, 0.29) is 36.2 Å². The first kappa shape index (κ1) is 19.6. The van der Waals surface area contributed by atoms with Crippen LogP contribution in [0.2, 0.25) is 0 Å². The molecule has 1 aromatic carbocycles. The van der Waals surface area contributed by atoms with E-state index in [4.69, 9.17) is 5.73 Å². The van der Waals surface area contributed by atoms with Crippen LogP contribution in [0.5, 0.6) is 0 Å². The maximum Gasteiger partial charge on any atom is 0.396 e. The van der Waals surface area contributed by atoms with Crippen molar-refractivity contribution < 1.29 is 22.0 Å². The lowest BCUT2D eigenvalue weighted by atomic mass is 9.93. The zero-order chi connectivity index (χ0) is 17.5. The molecule has 10 heteroatoms. The number of alkyl halides is 3. The second kappa shape index (κ2) is 7.25. The van der Waals surface area contributed by atoms with Gasteiger partial charge in [-0.3, -0.25) is 0 Å². The minimum atomic E-state index is -4.44. The summed E-state index contributed by atoms with van der Waals surface area (Å²) in [7, 11) is 0. The van der Waals surface area contributed by atoms with Crippen molar-refractivity contribution in [2.75, 3.05) is 0 Å². The molecule has 4 nitrogen and oxygen atoms in total. The molecule has 2 aromatic rings. The molecule has 0 aliphatic carbocycles. The minimum Gasteiger partial charge on any atom is -0.321 e. The highest BCUT2D eigenvalue weighted by atomic mass is 35.5. The topological polar surface area (TPSA) is 56.7 Å². The largest absolute Gasteiger partial charge is 0.396 e. The number of benzene rings is 1. The van der Waals surface area contributed by atoms with Crippen molar-refractivity contribution in [2.24, 2.45) is 5.73 Å². The maximum atomic E-state index is 14.1. The van der Waals surface area contributed by atoms with Crippen LogP contribution in [0.15, 0.2) is 18.2 Å². The van der Waals surface area contributed by atoms with Gasteiger partial charge in [-0.25, -0.2) is 8.78 Å². The van der Waals surface area contributed by atoms with Crippen LogP contribution in [-0.4, -0.2) is 20.9 Å². The third kappa shape index (κ3) is 4.09. The van der Waals surface area contributed by atoms with Crippen molar-refractivity contribution in [3.8, 4) is 0 Å². The first-order valence-corrected chi connectivity index (χ1v) is 7.44. The molecule has 0 spiro atoms. The number of nitrogens with two attached hydrogens (primary N) is 1. The molecular formula is C15H16ClF5N4. The molecule has 0 radical (unpaired) electrons. The summed E-state index contributed by atoms with van der Waals surface area (Å²) in [6, 6.07) is 3.22. The van der Waals surface area contributed by atoms with Gasteiger partial charge in [-0.2, -0.15) is 13.2 Å². The number of hydrogen-bond acceptors (Lipinski definition) is 3. The summed E-state index contributed by atoms with van der Waals surface area (Å²) < 4.78 is 66.9. The van der Waals surface area contributed by atoms with Crippen LogP contribution < -0.4 is 5.73 Å². The van der Waals surface area contributed by atoms with Crippen molar-refractivity contribution in [2.45, 2.75) is 43.9 Å². The first-order valence-electron chi connectivity index (χ1n) is 7.44. The van der Waals surface area contributed by atoms with Gasteiger partial charge in [0, 0.05) is 12.5 Å². The number of nitrogens with zero attached hydrogens (tertiary/aromatic N) is 3. The van der Waals surface area contributed by atoms with Crippen LogP contribution in [-0.2, 0) is 13.0 Å². The molecule has 25 heavy (non-hydrogen) atoms. The third-order valence-corrected chi connectivity index (χ3v) is 4.20. The van der Waals surface area contributed by atoms with Gasteiger partial charge in [0.1, 0.15) is 18.1 Å². The Bertz CT molecular complexity index is 746. The van der Waals surface area contributed by atoms with Crippen molar-refractivity contribution >= 4 is 12.4 Å². The highest BCUT2D eigenvalue weighted by Crippen LogP contribution is 2.34. The molecule has 0 fully saturated rings. The van der Waals surface area contributed by atoms with E-state index >= 15 is 0 Å². The second-order valence-corrected chi connectivity index (χ2v) is 5.90. The number of fused-ring (bicyclic) bond motifs is 1. The summed E-state index contributed by atoms with van der Waals surface area (Å²) in [6.07, 6.45) is -4.88. The SMILES string of the molecule is Cl.N[C@@H]1CC[C@@H](c2cccc(F)c2F)Cn2c(CC(F)(F)F)nnc21. The Morgan fingerprint density at radius 1 is 1.16 bits per heavy atom. The maximum absolute atomic E-state index is 14.1. The van der Waals surface area contributed by atoms with Crippen LogP contribution in [0.4, 0.5) is 22.0 Å². The van der Waals surface area contributed by atoms with Crippen molar-refractivity contribution in [3.63, 3.8) is 0 Å². The summed E-state index contributed by atoms with van der Waals surface area (Å²) in [5, 5.41) is 7.36. The molecule has 1 aromatic heterocycles. The fraction of sp³-hybridized carbons (Fsp3) is 0.467. The lowest BCUT2D eigenvalue weighted by Gasteiger charge is -2.18. The van der Waals surface area contributed by atoms with E-state index < -0.39 is 36.2 Å². The highest BCUT2D eigenvalue weighted by Gasteiger charge is 2.34. The van der Waals surface area contributed by atoms with Gasteiger partial charge in [-0.1, -0.05) is 12.1 Å². The highest BCUT2D eigenvalue weighted by molar-refractivity contribution is 5.85. The quantitative estimate of drug-likeness (QED) is 0.806. The first-order chi connectivity index (χ1) is 11.3. The number of halogens is 6. The molecule has 0 unspecified atom stereocenters. The lowest BCUT2D eigenvalue weighted by molar-refractivity contribution is -0.129. The Balaban J connectivity index is 0.00000225. The average molecular weight is 383 g/mol. The Kier molecular flexibility index (Phi) is 5.68. The molecule has 3 rings (SSSR count). The molecule has 0 saturated heterocycles. The predicted molar refractivity (Wildman–Crippen MR) is 82.3 cm³/mol. The Morgan fingerprint density at radius 2 is 1.88 bits per heavy atom. The van der Waals surface area contributed by atoms with E-state index in [0.29, 0.717) is 12.8 Å². The average Bonchev–Trinajstić information content (AvgIpc) is 2.78. The van der Waals surface area contributed by atoms with Crippen LogP contribution in [0.25, 0.3) is 0 Å². The van der Waals surface area contributed by atoms with Crippen molar-refractivity contribution in [1.29, 1.82) is 0 Å². The molecule has 2 atom stereocenters. The monoisotopic (exact) mass is 382 g/mol. The van der Waals surface area contributed by atoms with Crippen LogP contribution in [0, 0.1) is 11.6 Å². The van der Waals surface area contributed by atoms with E-state index in [9.17, 15) is 22.0 Å². The summed E-state index contributed by atoms with van der Waals surface area (Å²) in [4.78, 5) is 0. The minimum absolute atomic E-state index is 0. The summed E-state index contributed by atoms with van der Waals surface area (Å²) >= 11 is 0. The fourth-order valence-corrected chi connectivity index (χ4v) is 3.04. The molecule has 2 N–H and O–H groups in total. The Morgan fingerprint density at radius 3 is 2.56 bits per heavy atom. The van der Waals surface area contributed by atoms with Gasteiger partial charge in [0.25, 0.3) is 0 Å². The Labute approximate surface area is 146 Å². The smallest absolute Gasteiger partial charge is 0.321 e. The van der Waals surface area contributed by atoms with E-state index in [1.54, 1.807) is 0 Å². The molecule has 1 aliphatic heterocycles. The molecular weight excluding hydrogens is 367 g/mol. The molecule has 1 aliphatic rings. The van der Waals surface area contributed by atoms with E-state index in [1.165, 1.54) is 16.7 Å². The lowest BCUT2D eigenvalue weighted by Crippen LogP contribution is -2.20. The Hall–Kier alpha value is -1.74. The summed E-state index contributed by atoms with van der Waals surface area (Å²) in [5.41, 5.74) is 6.09. The van der Waals surface area contributed by atoms with E-state index in [1.807, 2.05) is 0 Å². The zero-order valence-corrected chi connectivity index (χ0v) is 13.7. The third-order valence-electron chi connectivity index (χ3n) is 4.20. The normalized spacial score (nSPS) is 20.6. The number of rotatable bonds is 2. The van der Waals surface area contributed by atoms with Crippen LogP contribution in [0.3, 0.4) is 0 Å². The predicted octanol–water partition coefficient (Wildman–Crippen LogP) is 3.66. The van der Waals surface area contributed by atoms with Crippen molar-refractivity contribution in [3.05, 3.63) is 47.0 Å². The van der Waals surface area contributed by atoms with Gasteiger partial charge >= 0.3 is 6.18 Å². The van der Waals surface area contributed by atoms with Crippen LogP contribution >= 0.6 is 12.4 Å². The van der Waals surface area contributed by atoms with Gasteiger partial charge in [0.15, 0.2) is 11.6 Å². The van der Waals surface area contributed by atoms with Gasteiger partial charge in [0.05, 0.1) is 6.04 Å². The van der Waals surface area contributed by atoms with Gasteiger partial charge in [0.2, 0.25) is 0 Å². The molecule has 2 heterocycles. The van der Waals surface area contributed by atoms with Crippen molar-refractivity contribution in [1.82, 2.24) is 14.8 Å². The zero-order valence-electron chi connectivity index (χ0n) is 12.9. The van der Waals surface area contributed by atoms with E-state index in [0.717, 1.165) is 6.07 Å². The number of hydrogen-bond donors (Lipinski definition) is 1. The van der Waals surface area contributed by atoms with Gasteiger partial charge in [-0.15, -0.1) is 22.6 Å². The van der Waals surface area contributed by atoms with Crippen LogP contribution in [0.1, 0.15) is 42.0 Å². The summed E-state index contributed by atoms with van der Waals surface area (Å²) in [6.45, 7) is 0.0296. The molecule has 0 amide bonds. The van der Waals surface area contributed by atoms with E-state index in [2.05, 4.69) is 10.2 Å². The molecule has 0 bridgehead atoms. The summed E-state index contributed by atoms with van der Waals surface area (Å²) in [5.74, 6) is -2.49. The fourth-order valence-electron chi connectivity index (χ4n) is 3.04. The van der Waals surface area contributed by atoms with Gasteiger partial charge in [-0.05, 0) is 24.5 Å². The molecule has 138 valence electrons. The molecule has 0 saturated carbocycles. The van der Waals surface area contributed by atoms with Gasteiger partial charge < -0.3 is 10.3 Å². The second-order valence-electron chi connectivity index (χ2n) is 5.90. The standard InChI is InChI=1S/C15H15F5N4.ClH/c16-10-3-1-2-9(13(10)17)8-4-5-11(21)14-23-22-12(24(14)7-8)6-15(18,19)20;/h1-3,8,11H,4-7,21H2;1H/t8-,11-;/m1./s1.